The Morgan fingerprint density at radius 1 is 1.25 bits per heavy atom. The van der Waals surface area contributed by atoms with E-state index in [1.807, 2.05) is 12.1 Å². The van der Waals surface area contributed by atoms with E-state index in [1.165, 1.54) is 5.56 Å². The number of anilines is 2. The van der Waals surface area contributed by atoms with Crippen molar-refractivity contribution in [3.05, 3.63) is 53.7 Å². The highest BCUT2D eigenvalue weighted by molar-refractivity contribution is 5.95. The first-order chi connectivity index (χ1) is 11.5. The number of nitrogens with zero attached hydrogens (tertiary/aromatic N) is 2. The van der Waals surface area contributed by atoms with Crippen LogP contribution in [0.5, 0.6) is 0 Å². The minimum Gasteiger partial charge on any atom is -0.352 e. The van der Waals surface area contributed by atoms with Gasteiger partial charge in [0.15, 0.2) is 0 Å². The number of nitrogens with one attached hydrogen (secondary N) is 1. The molecule has 0 spiro atoms. The van der Waals surface area contributed by atoms with Gasteiger partial charge in [0, 0.05) is 30.5 Å². The SMILES string of the molecule is CCN(c1cccc(C)c1)c1cc(C(=O)NCCC(C)C)ccn1. The van der Waals surface area contributed by atoms with Crippen LogP contribution in [0, 0.1) is 12.8 Å². The summed E-state index contributed by atoms with van der Waals surface area (Å²) in [5, 5.41) is 2.98. The van der Waals surface area contributed by atoms with E-state index in [0.29, 0.717) is 18.0 Å². The van der Waals surface area contributed by atoms with E-state index in [4.69, 9.17) is 0 Å². The molecule has 4 heteroatoms. The first kappa shape index (κ1) is 18.0. The Hall–Kier alpha value is -2.36. The maximum absolute atomic E-state index is 12.3. The highest BCUT2D eigenvalue weighted by atomic mass is 16.1. The fraction of sp³-hybridized carbons (Fsp3) is 0.400. The van der Waals surface area contributed by atoms with Crippen molar-refractivity contribution in [2.24, 2.45) is 5.92 Å². The fourth-order valence-corrected chi connectivity index (χ4v) is 2.56. The molecule has 0 aliphatic rings. The minimum absolute atomic E-state index is 0.0420. The predicted octanol–water partition coefficient (Wildman–Crippen LogP) is 4.32. The number of carbonyl (C=O) groups excluding carboxylic acids is 1. The first-order valence-corrected chi connectivity index (χ1v) is 8.59. The highest BCUT2D eigenvalue weighted by Crippen LogP contribution is 2.24. The van der Waals surface area contributed by atoms with Crippen LogP contribution in [0.4, 0.5) is 11.5 Å². The summed E-state index contributed by atoms with van der Waals surface area (Å²) in [7, 11) is 0. The third-order valence-electron chi connectivity index (χ3n) is 3.92. The van der Waals surface area contributed by atoms with E-state index in [-0.39, 0.29) is 5.91 Å². The van der Waals surface area contributed by atoms with Crippen molar-refractivity contribution in [1.82, 2.24) is 10.3 Å². The summed E-state index contributed by atoms with van der Waals surface area (Å²) in [5.41, 5.74) is 2.94. The summed E-state index contributed by atoms with van der Waals surface area (Å²) in [6.07, 6.45) is 2.68. The van der Waals surface area contributed by atoms with E-state index in [1.54, 1.807) is 12.3 Å². The van der Waals surface area contributed by atoms with Crippen LogP contribution in [-0.2, 0) is 0 Å². The maximum Gasteiger partial charge on any atom is 0.251 e. The molecule has 0 aliphatic carbocycles. The second-order valence-corrected chi connectivity index (χ2v) is 6.42. The van der Waals surface area contributed by atoms with Gasteiger partial charge in [-0.15, -0.1) is 0 Å². The molecule has 2 aromatic rings. The smallest absolute Gasteiger partial charge is 0.251 e. The lowest BCUT2D eigenvalue weighted by Crippen LogP contribution is -2.26. The van der Waals surface area contributed by atoms with E-state index >= 15 is 0 Å². The number of aromatic nitrogens is 1. The molecule has 1 heterocycles. The van der Waals surface area contributed by atoms with Crippen LogP contribution in [0.1, 0.15) is 43.1 Å². The Morgan fingerprint density at radius 3 is 2.71 bits per heavy atom. The van der Waals surface area contributed by atoms with Crippen LogP contribution in [-0.4, -0.2) is 24.0 Å². The number of pyridine rings is 1. The third-order valence-corrected chi connectivity index (χ3v) is 3.92. The Balaban J connectivity index is 2.17. The fourth-order valence-electron chi connectivity index (χ4n) is 2.56. The normalized spacial score (nSPS) is 10.7. The molecule has 128 valence electrons. The van der Waals surface area contributed by atoms with Gasteiger partial charge in [0.2, 0.25) is 0 Å². The molecule has 0 saturated heterocycles. The van der Waals surface area contributed by atoms with Gasteiger partial charge < -0.3 is 10.2 Å². The zero-order valence-corrected chi connectivity index (χ0v) is 15.0. The number of hydrogen-bond donors (Lipinski definition) is 1. The quantitative estimate of drug-likeness (QED) is 0.824. The minimum atomic E-state index is -0.0420. The maximum atomic E-state index is 12.3. The van der Waals surface area contributed by atoms with Crippen molar-refractivity contribution >= 4 is 17.4 Å². The molecule has 0 unspecified atom stereocenters. The van der Waals surface area contributed by atoms with Crippen LogP contribution in [0.25, 0.3) is 0 Å². The van der Waals surface area contributed by atoms with Gasteiger partial charge in [-0.25, -0.2) is 4.98 Å². The predicted molar refractivity (Wildman–Crippen MR) is 99.9 cm³/mol. The van der Waals surface area contributed by atoms with Crippen molar-refractivity contribution in [3.8, 4) is 0 Å². The number of benzene rings is 1. The number of amides is 1. The molecule has 0 bridgehead atoms. The average molecular weight is 325 g/mol. The van der Waals surface area contributed by atoms with Gasteiger partial charge in [-0.05, 0) is 56.0 Å². The molecule has 0 radical (unpaired) electrons. The number of aryl methyl sites for hydroxylation is 1. The van der Waals surface area contributed by atoms with Crippen molar-refractivity contribution in [3.63, 3.8) is 0 Å². The van der Waals surface area contributed by atoms with Crippen LogP contribution in [0.15, 0.2) is 42.6 Å². The molecule has 1 aromatic heterocycles. The van der Waals surface area contributed by atoms with Gasteiger partial charge in [-0.3, -0.25) is 4.79 Å². The monoisotopic (exact) mass is 325 g/mol. The second kappa shape index (κ2) is 8.48. The molecule has 0 aliphatic heterocycles. The Labute approximate surface area is 144 Å². The van der Waals surface area contributed by atoms with E-state index in [9.17, 15) is 4.79 Å². The summed E-state index contributed by atoms with van der Waals surface area (Å²) in [6.45, 7) is 9.94. The lowest BCUT2D eigenvalue weighted by Gasteiger charge is -2.23. The largest absolute Gasteiger partial charge is 0.352 e. The van der Waals surface area contributed by atoms with E-state index in [2.05, 4.69) is 61.1 Å². The molecule has 0 fully saturated rings. The molecular weight excluding hydrogens is 298 g/mol. The molecule has 1 amide bonds. The van der Waals surface area contributed by atoms with Gasteiger partial charge in [0.05, 0.1) is 0 Å². The van der Waals surface area contributed by atoms with Gasteiger partial charge >= 0.3 is 0 Å². The summed E-state index contributed by atoms with van der Waals surface area (Å²) < 4.78 is 0. The third kappa shape index (κ3) is 4.82. The van der Waals surface area contributed by atoms with Crippen LogP contribution >= 0.6 is 0 Å². The van der Waals surface area contributed by atoms with E-state index < -0.39 is 0 Å². The van der Waals surface area contributed by atoms with E-state index in [0.717, 1.165) is 24.5 Å². The van der Waals surface area contributed by atoms with Crippen LogP contribution in [0.3, 0.4) is 0 Å². The second-order valence-electron chi connectivity index (χ2n) is 6.42. The summed E-state index contributed by atoms with van der Waals surface area (Å²) in [5.74, 6) is 1.33. The first-order valence-electron chi connectivity index (χ1n) is 8.59. The Kier molecular flexibility index (Phi) is 6.36. The molecule has 2 rings (SSSR count). The topological polar surface area (TPSA) is 45.2 Å². The van der Waals surface area contributed by atoms with Crippen molar-refractivity contribution in [2.45, 2.75) is 34.1 Å². The molecule has 4 nitrogen and oxygen atoms in total. The lowest BCUT2D eigenvalue weighted by molar-refractivity contribution is 0.0952. The lowest BCUT2D eigenvalue weighted by atomic mass is 10.1. The van der Waals surface area contributed by atoms with Crippen molar-refractivity contribution in [2.75, 3.05) is 18.0 Å². The zero-order valence-electron chi connectivity index (χ0n) is 15.0. The van der Waals surface area contributed by atoms with Gasteiger partial charge in [0.25, 0.3) is 5.91 Å². The number of hydrogen-bond acceptors (Lipinski definition) is 3. The average Bonchev–Trinajstić information content (AvgIpc) is 2.55. The van der Waals surface area contributed by atoms with Gasteiger partial charge in [0.1, 0.15) is 5.82 Å². The van der Waals surface area contributed by atoms with Gasteiger partial charge in [-0.2, -0.15) is 0 Å². The summed E-state index contributed by atoms with van der Waals surface area (Å²) in [6, 6.07) is 11.9. The van der Waals surface area contributed by atoms with Crippen LogP contribution in [0.2, 0.25) is 0 Å². The summed E-state index contributed by atoms with van der Waals surface area (Å²) >= 11 is 0. The molecule has 0 atom stereocenters. The Bertz CT molecular complexity index is 682. The number of carbonyl (C=O) groups is 1. The van der Waals surface area contributed by atoms with Crippen molar-refractivity contribution in [1.29, 1.82) is 0 Å². The zero-order chi connectivity index (χ0) is 17.5. The number of rotatable bonds is 7. The van der Waals surface area contributed by atoms with Crippen molar-refractivity contribution < 1.29 is 4.79 Å². The Morgan fingerprint density at radius 2 is 2.04 bits per heavy atom. The molecular formula is C20H27N3O. The molecule has 1 N–H and O–H groups in total. The molecule has 1 aromatic carbocycles. The summed E-state index contributed by atoms with van der Waals surface area (Å²) in [4.78, 5) is 18.9. The molecule has 24 heavy (non-hydrogen) atoms. The highest BCUT2D eigenvalue weighted by Gasteiger charge is 2.12. The standard InChI is InChI=1S/C20H27N3O/c1-5-23(18-8-6-7-16(4)13-18)19-14-17(10-12-21-19)20(24)22-11-9-15(2)3/h6-8,10,12-15H,5,9,11H2,1-4H3,(H,22,24). The van der Waals surface area contributed by atoms with Gasteiger partial charge in [-0.1, -0.05) is 26.0 Å². The molecule has 0 saturated carbocycles. The van der Waals surface area contributed by atoms with Crippen LogP contribution < -0.4 is 10.2 Å².